The standard InChI is InChI=1S/C22H14N2/c1-2-8-15-13(5-1)11-12-18-20(15)24-22-17-10-4-7-14-6-3-9-16(19(14)17)21(22)23-18/h1-12,23-24H. The maximum Gasteiger partial charge on any atom is 0.0710 e. The lowest BCUT2D eigenvalue weighted by molar-refractivity contribution is 1.52. The fourth-order valence-electron chi connectivity index (χ4n) is 4.06. The number of anilines is 2. The van der Waals surface area contributed by atoms with Gasteiger partial charge in [-0.25, -0.2) is 0 Å². The highest BCUT2D eigenvalue weighted by Crippen LogP contribution is 2.48. The van der Waals surface area contributed by atoms with E-state index in [-0.39, 0.29) is 0 Å². The smallest absolute Gasteiger partial charge is 0.0710 e. The van der Waals surface area contributed by atoms with Crippen molar-refractivity contribution in [2.45, 2.75) is 0 Å². The van der Waals surface area contributed by atoms with Gasteiger partial charge >= 0.3 is 0 Å². The third-order valence-electron chi connectivity index (χ3n) is 5.13. The molecule has 1 aliphatic carbocycles. The second-order valence-electron chi connectivity index (χ2n) is 6.42. The number of hydrogen-bond donors (Lipinski definition) is 2. The monoisotopic (exact) mass is 306 g/mol. The van der Waals surface area contributed by atoms with E-state index in [2.05, 4.69) is 83.4 Å². The Morgan fingerprint density at radius 3 is 2.08 bits per heavy atom. The van der Waals surface area contributed by atoms with Crippen LogP contribution in [-0.4, -0.2) is 0 Å². The average molecular weight is 306 g/mol. The molecule has 0 fully saturated rings. The van der Waals surface area contributed by atoms with E-state index in [1.165, 1.54) is 44.1 Å². The SMILES string of the molecule is c1ccc2c3c(ccc2c1)NC1=C(N3)c2cccc3cccc1c23. The predicted molar refractivity (Wildman–Crippen MR) is 102 cm³/mol. The first-order valence-corrected chi connectivity index (χ1v) is 8.23. The Balaban J connectivity index is 1.65. The fraction of sp³-hybridized carbons (Fsp3) is 0. The molecule has 112 valence electrons. The molecule has 0 amide bonds. The van der Waals surface area contributed by atoms with Crippen LogP contribution in [0.15, 0.2) is 72.8 Å². The van der Waals surface area contributed by atoms with Crippen molar-refractivity contribution in [2.24, 2.45) is 0 Å². The Kier molecular flexibility index (Phi) is 2.12. The lowest BCUT2D eigenvalue weighted by Gasteiger charge is -2.24. The Morgan fingerprint density at radius 1 is 0.542 bits per heavy atom. The van der Waals surface area contributed by atoms with Crippen LogP contribution in [0.2, 0.25) is 0 Å². The van der Waals surface area contributed by atoms with E-state index in [1.807, 2.05) is 0 Å². The lowest BCUT2D eigenvalue weighted by Crippen LogP contribution is -2.12. The van der Waals surface area contributed by atoms with Crippen LogP contribution < -0.4 is 10.6 Å². The molecule has 0 unspecified atom stereocenters. The molecule has 0 saturated heterocycles. The predicted octanol–water partition coefficient (Wildman–Crippen LogP) is 5.67. The zero-order chi connectivity index (χ0) is 15.7. The first-order valence-electron chi connectivity index (χ1n) is 8.23. The van der Waals surface area contributed by atoms with Gasteiger partial charge in [-0.1, -0.05) is 66.7 Å². The van der Waals surface area contributed by atoms with Gasteiger partial charge in [0, 0.05) is 21.9 Å². The summed E-state index contributed by atoms with van der Waals surface area (Å²) in [6, 6.07) is 25.9. The summed E-state index contributed by atoms with van der Waals surface area (Å²) in [7, 11) is 0. The fourth-order valence-corrected chi connectivity index (χ4v) is 4.06. The van der Waals surface area contributed by atoms with Gasteiger partial charge in [-0.05, 0) is 16.8 Å². The summed E-state index contributed by atoms with van der Waals surface area (Å²) < 4.78 is 0. The van der Waals surface area contributed by atoms with E-state index in [0.29, 0.717) is 0 Å². The summed E-state index contributed by atoms with van der Waals surface area (Å²) >= 11 is 0. The summed E-state index contributed by atoms with van der Waals surface area (Å²) in [5.74, 6) is 0. The van der Waals surface area contributed by atoms with Gasteiger partial charge in [0.2, 0.25) is 0 Å². The zero-order valence-electron chi connectivity index (χ0n) is 12.9. The molecule has 0 aromatic heterocycles. The molecule has 0 saturated carbocycles. The van der Waals surface area contributed by atoms with E-state index >= 15 is 0 Å². The molecule has 6 rings (SSSR count). The van der Waals surface area contributed by atoms with Crippen LogP contribution in [0.5, 0.6) is 0 Å². The maximum atomic E-state index is 3.73. The van der Waals surface area contributed by atoms with Crippen molar-refractivity contribution >= 4 is 44.3 Å². The van der Waals surface area contributed by atoms with Crippen LogP contribution in [0.3, 0.4) is 0 Å². The molecule has 1 aliphatic heterocycles. The molecule has 0 radical (unpaired) electrons. The highest BCUT2D eigenvalue weighted by atomic mass is 15.1. The number of fused-ring (bicyclic) bond motifs is 5. The quantitative estimate of drug-likeness (QED) is 0.437. The normalized spacial score (nSPS) is 14.3. The molecule has 0 spiro atoms. The number of rotatable bonds is 0. The molecule has 4 aromatic carbocycles. The molecular formula is C22H14N2. The van der Waals surface area contributed by atoms with Gasteiger partial charge in [0.05, 0.1) is 22.8 Å². The van der Waals surface area contributed by atoms with Crippen molar-refractivity contribution in [1.29, 1.82) is 0 Å². The van der Waals surface area contributed by atoms with E-state index < -0.39 is 0 Å². The van der Waals surface area contributed by atoms with Crippen molar-refractivity contribution in [2.75, 3.05) is 10.6 Å². The summed E-state index contributed by atoms with van der Waals surface area (Å²) in [6.07, 6.45) is 0. The van der Waals surface area contributed by atoms with Crippen molar-refractivity contribution in [1.82, 2.24) is 0 Å². The first kappa shape index (κ1) is 12.2. The Bertz CT molecular complexity index is 1200. The summed E-state index contributed by atoms with van der Waals surface area (Å²) in [6.45, 7) is 0. The third kappa shape index (κ3) is 1.41. The minimum Gasteiger partial charge on any atom is -0.352 e. The van der Waals surface area contributed by atoms with Gasteiger partial charge in [0.25, 0.3) is 0 Å². The maximum absolute atomic E-state index is 3.73. The van der Waals surface area contributed by atoms with Crippen molar-refractivity contribution in [3.05, 3.63) is 83.9 Å². The van der Waals surface area contributed by atoms with Crippen LogP contribution in [0.25, 0.3) is 32.9 Å². The zero-order valence-corrected chi connectivity index (χ0v) is 12.9. The van der Waals surface area contributed by atoms with Crippen molar-refractivity contribution in [3.8, 4) is 0 Å². The Hall–Kier alpha value is -3.26. The van der Waals surface area contributed by atoms with Gasteiger partial charge in [-0.2, -0.15) is 0 Å². The van der Waals surface area contributed by atoms with E-state index in [1.54, 1.807) is 0 Å². The number of nitrogens with one attached hydrogen (secondary N) is 2. The minimum absolute atomic E-state index is 1.14. The molecular weight excluding hydrogens is 292 g/mol. The van der Waals surface area contributed by atoms with Gasteiger partial charge < -0.3 is 10.6 Å². The molecule has 1 heterocycles. The van der Waals surface area contributed by atoms with Crippen LogP contribution in [0.4, 0.5) is 11.4 Å². The molecule has 24 heavy (non-hydrogen) atoms. The molecule has 2 nitrogen and oxygen atoms in total. The van der Waals surface area contributed by atoms with Crippen LogP contribution in [0, 0.1) is 0 Å². The van der Waals surface area contributed by atoms with Gasteiger partial charge in [0.1, 0.15) is 0 Å². The molecule has 2 N–H and O–H groups in total. The molecule has 0 bridgehead atoms. The van der Waals surface area contributed by atoms with Crippen LogP contribution in [-0.2, 0) is 0 Å². The molecule has 2 aliphatic rings. The molecule has 2 heteroatoms. The summed E-state index contributed by atoms with van der Waals surface area (Å²) in [5.41, 5.74) is 7.23. The highest BCUT2D eigenvalue weighted by Gasteiger charge is 2.28. The largest absolute Gasteiger partial charge is 0.352 e. The Morgan fingerprint density at radius 2 is 1.25 bits per heavy atom. The van der Waals surface area contributed by atoms with Gasteiger partial charge in [-0.3, -0.25) is 0 Å². The topological polar surface area (TPSA) is 24.1 Å². The van der Waals surface area contributed by atoms with Crippen molar-refractivity contribution in [3.63, 3.8) is 0 Å². The number of hydrogen-bond acceptors (Lipinski definition) is 2. The van der Waals surface area contributed by atoms with E-state index in [4.69, 9.17) is 0 Å². The molecule has 4 aromatic rings. The Labute approximate surface area is 139 Å². The second kappa shape index (κ2) is 4.18. The summed E-state index contributed by atoms with van der Waals surface area (Å²) in [4.78, 5) is 0. The highest BCUT2D eigenvalue weighted by molar-refractivity contribution is 6.22. The third-order valence-corrected chi connectivity index (χ3v) is 5.13. The van der Waals surface area contributed by atoms with Crippen LogP contribution >= 0.6 is 0 Å². The number of benzene rings is 4. The average Bonchev–Trinajstić information content (AvgIpc) is 2.96. The molecule has 0 atom stereocenters. The van der Waals surface area contributed by atoms with E-state index in [9.17, 15) is 0 Å². The van der Waals surface area contributed by atoms with E-state index in [0.717, 1.165) is 11.4 Å². The van der Waals surface area contributed by atoms with Crippen molar-refractivity contribution < 1.29 is 0 Å². The van der Waals surface area contributed by atoms with Crippen LogP contribution in [0.1, 0.15) is 11.1 Å². The van der Waals surface area contributed by atoms with Gasteiger partial charge in [-0.15, -0.1) is 0 Å². The van der Waals surface area contributed by atoms with Gasteiger partial charge in [0.15, 0.2) is 0 Å². The summed E-state index contributed by atoms with van der Waals surface area (Å²) in [5, 5.41) is 12.5. The minimum atomic E-state index is 1.14. The first-order chi connectivity index (χ1) is 11.9. The second-order valence-corrected chi connectivity index (χ2v) is 6.42. The lowest BCUT2D eigenvalue weighted by atomic mass is 10.0.